The lowest BCUT2D eigenvalue weighted by Gasteiger charge is -2.42. The number of carbonyl (C=O) groups excluding carboxylic acids is 1. The normalized spacial score (nSPS) is 23.2. The summed E-state index contributed by atoms with van der Waals surface area (Å²) in [5.41, 5.74) is 5.19. The van der Waals surface area contributed by atoms with Gasteiger partial charge in [0.05, 0.1) is 6.17 Å². The minimum Gasteiger partial charge on any atom is -0.351 e. The molecule has 1 atom stereocenters. The van der Waals surface area contributed by atoms with E-state index in [0.717, 1.165) is 19.4 Å². The number of hydrogen-bond acceptors (Lipinski definition) is 2. The van der Waals surface area contributed by atoms with E-state index < -0.39 is 0 Å². The Morgan fingerprint density at radius 1 is 1.43 bits per heavy atom. The first-order valence-electron chi connectivity index (χ1n) is 5.25. The van der Waals surface area contributed by atoms with Crippen LogP contribution in [-0.4, -0.2) is 29.2 Å². The topological polar surface area (TPSA) is 58.4 Å². The molecule has 0 bridgehead atoms. The van der Waals surface area contributed by atoms with E-state index in [2.05, 4.69) is 5.32 Å². The molecule has 0 aromatic carbocycles. The van der Waals surface area contributed by atoms with E-state index in [1.807, 2.05) is 20.8 Å². The van der Waals surface area contributed by atoms with Gasteiger partial charge in [-0.3, -0.25) is 5.32 Å². The second-order valence-electron chi connectivity index (χ2n) is 4.84. The molecule has 0 aromatic rings. The lowest BCUT2D eigenvalue weighted by Crippen LogP contribution is -2.59. The summed E-state index contributed by atoms with van der Waals surface area (Å²) in [4.78, 5) is 13.1. The smallest absolute Gasteiger partial charge is 0.316 e. The second-order valence-corrected chi connectivity index (χ2v) is 4.84. The van der Waals surface area contributed by atoms with E-state index in [0.29, 0.717) is 0 Å². The zero-order valence-electron chi connectivity index (χ0n) is 9.34. The lowest BCUT2D eigenvalue weighted by molar-refractivity contribution is 0.0848. The van der Waals surface area contributed by atoms with Gasteiger partial charge in [-0.25, -0.2) is 4.79 Å². The summed E-state index contributed by atoms with van der Waals surface area (Å²) >= 11 is 0. The summed E-state index contributed by atoms with van der Waals surface area (Å²) in [7, 11) is 0. The van der Waals surface area contributed by atoms with E-state index in [-0.39, 0.29) is 17.7 Å². The molecule has 4 nitrogen and oxygen atoms in total. The minimum absolute atomic E-state index is 0.112. The van der Waals surface area contributed by atoms with E-state index in [4.69, 9.17) is 5.73 Å². The van der Waals surface area contributed by atoms with Gasteiger partial charge in [0, 0.05) is 5.54 Å². The fraction of sp³-hybridized carbons (Fsp3) is 0.900. The molecule has 1 unspecified atom stereocenters. The molecule has 0 spiro atoms. The molecule has 14 heavy (non-hydrogen) atoms. The Morgan fingerprint density at radius 2 is 2.07 bits per heavy atom. The summed E-state index contributed by atoms with van der Waals surface area (Å²) < 4.78 is 0. The minimum atomic E-state index is -0.336. The molecule has 82 valence electrons. The number of piperidine rings is 1. The number of carbonyl (C=O) groups is 1. The zero-order valence-corrected chi connectivity index (χ0v) is 9.34. The quantitative estimate of drug-likeness (QED) is 0.668. The van der Waals surface area contributed by atoms with Gasteiger partial charge in [-0.2, -0.15) is 0 Å². The highest BCUT2D eigenvalue weighted by atomic mass is 16.2. The van der Waals surface area contributed by atoms with Crippen LogP contribution in [0.15, 0.2) is 0 Å². The predicted octanol–water partition coefficient (Wildman–Crippen LogP) is 1.27. The van der Waals surface area contributed by atoms with Gasteiger partial charge >= 0.3 is 6.03 Å². The van der Waals surface area contributed by atoms with Crippen LogP contribution in [0.5, 0.6) is 0 Å². The maximum absolute atomic E-state index is 11.4. The number of nitrogens with two attached hydrogens (primary N) is 1. The van der Waals surface area contributed by atoms with Crippen molar-refractivity contribution in [2.75, 3.05) is 6.54 Å². The number of nitrogens with one attached hydrogen (secondary N) is 1. The SMILES string of the molecule is CC(C)(C)N(C(N)=O)C1CCCCN1. The van der Waals surface area contributed by atoms with Gasteiger partial charge in [0.25, 0.3) is 0 Å². The van der Waals surface area contributed by atoms with Crippen LogP contribution in [0, 0.1) is 0 Å². The first-order valence-corrected chi connectivity index (χ1v) is 5.25. The van der Waals surface area contributed by atoms with Crippen LogP contribution in [0.4, 0.5) is 4.79 Å². The van der Waals surface area contributed by atoms with E-state index in [9.17, 15) is 4.79 Å². The van der Waals surface area contributed by atoms with Crippen molar-refractivity contribution in [3.05, 3.63) is 0 Å². The number of urea groups is 1. The van der Waals surface area contributed by atoms with Gasteiger partial charge in [0.1, 0.15) is 0 Å². The first kappa shape index (κ1) is 11.3. The zero-order chi connectivity index (χ0) is 10.8. The second kappa shape index (κ2) is 4.17. The van der Waals surface area contributed by atoms with Gasteiger partial charge in [-0.15, -0.1) is 0 Å². The Bertz CT molecular complexity index is 204. The third-order valence-corrected chi connectivity index (χ3v) is 2.56. The molecular formula is C10H21N3O. The number of primary amides is 1. The Kier molecular flexibility index (Phi) is 3.37. The van der Waals surface area contributed by atoms with E-state index in [1.165, 1.54) is 6.42 Å². The maximum atomic E-state index is 11.4. The van der Waals surface area contributed by atoms with Crippen molar-refractivity contribution in [1.29, 1.82) is 0 Å². The summed E-state index contributed by atoms with van der Waals surface area (Å²) in [6.45, 7) is 7.00. The average Bonchev–Trinajstić information content (AvgIpc) is 2.02. The molecule has 1 heterocycles. The molecular weight excluding hydrogens is 178 g/mol. The van der Waals surface area contributed by atoms with Gasteiger partial charge in [-0.1, -0.05) is 0 Å². The molecule has 0 aromatic heterocycles. The van der Waals surface area contributed by atoms with Crippen LogP contribution < -0.4 is 11.1 Å². The van der Waals surface area contributed by atoms with Crippen LogP contribution in [0.25, 0.3) is 0 Å². The number of hydrogen-bond donors (Lipinski definition) is 2. The average molecular weight is 199 g/mol. The van der Waals surface area contributed by atoms with Crippen molar-refractivity contribution in [3.63, 3.8) is 0 Å². The number of amides is 2. The van der Waals surface area contributed by atoms with Crippen molar-refractivity contribution < 1.29 is 4.79 Å². The van der Waals surface area contributed by atoms with Crippen LogP contribution in [-0.2, 0) is 0 Å². The van der Waals surface area contributed by atoms with Crippen LogP contribution >= 0.6 is 0 Å². The molecule has 1 fully saturated rings. The summed E-state index contributed by atoms with van der Waals surface area (Å²) in [6, 6.07) is -0.336. The lowest BCUT2D eigenvalue weighted by atomic mass is 10.0. The van der Waals surface area contributed by atoms with Gasteiger partial charge < -0.3 is 10.6 Å². The highest BCUT2D eigenvalue weighted by molar-refractivity contribution is 5.73. The van der Waals surface area contributed by atoms with Crippen LogP contribution in [0.2, 0.25) is 0 Å². The van der Waals surface area contributed by atoms with Gasteiger partial charge in [0.15, 0.2) is 0 Å². The van der Waals surface area contributed by atoms with Crippen LogP contribution in [0.3, 0.4) is 0 Å². The summed E-state index contributed by atoms with van der Waals surface area (Å²) in [5, 5.41) is 3.33. The fourth-order valence-electron chi connectivity index (χ4n) is 2.01. The molecule has 0 radical (unpaired) electrons. The molecule has 0 aliphatic carbocycles. The monoisotopic (exact) mass is 199 g/mol. The van der Waals surface area contributed by atoms with E-state index >= 15 is 0 Å². The van der Waals surface area contributed by atoms with Gasteiger partial charge in [-0.05, 0) is 46.6 Å². The molecule has 1 saturated heterocycles. The van der Waals surface area contributed by atoms with Crippen molar-refractivity contribution >= 4 is 6.03 Å². The third-order valence-electron chi connectivity index (χ3n) is 2.56. The Balaban J connectivity index is 2.71. The molecule has 4 heteroatoms. The molecule has 1 aliphatic rings. The Hall–Kier alpha value is -0.770. The van der Waals surface area contributed by atoms with Crippen molar-refractivity contribution in [3.8, 4) is 0 Å². The predicted molar refractivity (Wildman–Crippen MR) is 56.8 cm³/mol. The van der Waals surface area contributed by atoms with E-state index in [1.54, 1.807) is 4.90 Å². The molecule has 2 amide bonds. The first-order chi connectivity index (χ1) is 6.43. The molecule has 1 aliphatic heterocycles. The van der Waals surface area contributed by atoms with Crippen molar-refractivity contribution in [2.45, 2.75) is 51.7 Å². The van der Waals surface area contributed by atoms with Crippen LogP contribution in [0.1, 0.15) is 40.0 Å². The Labute approximate surface area is 85.8 Å². The largest absolute Gasteiger partial charge is 0.351 e. The maximum Gasteiger partial charge on any atom is 0.316 e. The highest BCUT2D eigenvalue weighted by Gasteiger charge is 2.32. The van der Waals surface area contributed by atoms with Crippen molar-refractivity contribution in [1.82, 2.24) is 10.2 Å². The third kappa shape index (κ3) is 2.61. The highest BCUT2D eigenvalue weighted by Crippen LogP contribution is 2.20. The number of nitrogens with zero attached hydrogens (tertiary/aromatic N) is 1. The number of rotatable bonds is 1. The summed E-state index contributed by atoms with van der Waals surface area (Å²) in [6.07, 6.45) is 3.46. The molecule has 3 N–H and O–H groups in total. The standard InChI is InChI=1S/C10H21N3O/c1-10(2,3)13(9(11)14)8-6-4-5-7-12-8/h8,12H,4-7H2,1-3H3,(H2,11,14). The van der Waals surface area contributed by atoms with Gasteiger partial charge in [0.2, 0.25) is 0 Å². The summed E-state index contributed by atoms with van der Waals surface area (Å²) in [5.74, 6) is 0. The fourth-order valence-corrected chi connectivity index (χ4v) is 2.01. The molecule has 1 rings (SSSR count). The van der Waals surface area contributed by atoms with Crippen molar-refractivity contribution in [2.24, 2.45) is 5.73 Å². The Morgan fingerprint density at radius 3 is 2.43 bits per heavy atom. The molecule has 0 saturated carbocycles.